The number of nitriles is 1. The number of hydrogen-bond donors (Lipinski definition) is 1. The molecule has 0 aromatic heterocycles. The van der Waals surface area contributed by atoms with Gasteiger partial charge in [0, 0.05) is 18.2 Å². The summed E-state index contributed by atoms with van der Waals surface area (Å²) in [6.07, 6.45) is 2.31. The third-order valence-electron chi connectivity index (χ3n) is 4.20. The Kier molecular flexibility index (Phi) is 4.99. The molecule has 1 aromatic carbocycles. The summed E-state index contributed by atoms with van der Waals surface area (Å²) in [5.74, 6) is 1.30. The molecule has 4 heteroatoms. The quantitative estimate of drug-likeness (QED) is 0.914. The maximum atomic E-state index is 9.61. The second-order valence-electron chi connectivity index (χ2n) is 5.48. The molecule has 2 atom stereocenters. The Labute approximate surface area is 120 Å². The summed E-state index contributed by atoms with van der Waals surface area (Å²) >= 11 is 0. The maximum absolute atomic E-state index is 9.61. The standard InChI is InChI=1S/C16H22N2O2/c1-12-4-3-7-18(15(12)11-19)10-14-8-13(9-17)5-6-16(14)20-2/h5-6,8,12,15,19H,3-4,7,10-11H2,1-2H3. The number of aliphatic hydroxyl groups excluding tert-OH is 1. The van der Waals surface area contributed by atoms with Crippen molar-refractivity contribution in [2.24, 2.45) is 5.92 Å². The van der Waals surface area contributed by atoms with E-state index in [2.05, 4.69) is 17.9 Å². The predicted molar refractivity (Wildman–Crippen MR) is 77.4 cm³/mol. The molecule has 0 bridgehead atoms. The van der Waals surface area contributed by atoms with E-state index in [-0.39, 0.29) is 12.6 Å². The number of nitrogens with zero attached hydrogens (tertiary/aromatic N) is 2. The summed E-state index contributed by atoms with van der Waals surface area (Å²) in [7, 11) is 1.65. The van der Waals surface area contributed by atoms with Crippen molar-refractivity contribution in [3.8, 4) is 11.8 Å². The molecule has 1 N–H and O–H groups in total. The van der Waals surface area contributed by atoms with Crippen LogP contribution in [0.5, 0.6) is 5.75 Å². The number of aliphatic hydroxyl groups is 1. The molecule has 0 aliphatic carbocycles. The van der Waals surface area contributed by atoms with Crippen LogP contribution in [-0.2, 0) is 6.54 Å². The van der Waals surface area contributed by atoms with Gasteiger partial charge in [-0.15, -0.1) is 0 Å². The number of benzene rings is 1. The van der Waals surface area contributed by atoms with Gasteiger partial charge in [0.05, 0.1) is 25.3 Å². The maximum Gasteiger partial charge on any atom is 0.123 e. The molecule has 0 saturated carbocycles. The van der Waals surface area contributed by atoms with Gasteiger partial charge in [-0.05, 0) is 43.5 Å². The molecule has 2 unspecified atom stereocenters. The highest BCUT2D eigenvalue weighted by atomic mass is 16.5. The van der Waals surface area contributed by atoms with Crippen LogP contribution in [0.1, 0.15) is 30.9 Å². The third-order valence-corrected chi connectivity index (χ3v) is 4.20. The Morgan fingerprint density at radius 2 is 2.30 bits per heavy atom. The van der Waals surface area contributed by atoms with Gasteiger partial charge in [-0.1, -0.05) is 6.92 Å². The zero-order valence-electron chi connectivity index (χ0n) is 12.2. The van der Waals surface area contributed by atoms with Gasteiger partial charge in [-0.25, -0.2) is 0 Å². The molecule has 0 amide bonds. The molecule has 4 nitrogen and oxygen atoms in total. The fourth-order valence-corrected chi connectivity index (χ4v) is 3.02. The van der Waals surface area contributed by atoms with Crippen LogP contribution < -0.4 is 4.74 Å². The second-order valence-corrected chi connectivity index (χ2v) is 5.48. The lowest BCUT2D eigenvalue weighted by Crippen LogP contribution is -2.46. The van der Waals surface area contributed by atoms with E-state index in [4.69, 9.17) is 10.00 Å². The molecule has 1 saturated heterocycles. The van der Waals surface area contributed by atoms with Crippen molar-refractivity contribution in [1.82, 2.24) is 4.90 Å². The monoisotopic (exact) mass is 274 g/mol. The first kappa shape index (κ1) is 14.8. The van der Waals surface area contributed by atoms with Crippen molar-refractivity contribution >= 4 is 0 Å². The molecular formula is C16H22N2O2. The molecule has 20 heavy (non-hydrogen) atoms. The van der Waals surface area contributed by atoms with Gasteiger partial charge in [-0.2, -0.15) is 5.26 Å². The largest absolute Gasteiger partial charge is 0.496 e. The summed E-state index contributed by atoms with van der Waals surface area (Å²) in [6.45, 7) is 4.07. The summed E-state index contributed by atoms with van der Waals surface area (Å²) in [6, 6.07) is 7.85. The van der Waals surface area contributed by atoms with Crippen LogP contribution in [0.2, 0.25) is 0 Å². The molecule has 1 heterocycles. The lowest BCUT2D eigenvalue weighted by atomic mass is 9.91. The fourth-order valence-electron chi connectivity index (χ4n) is 3.02. The number of likely N-dealkylation sites (tertiary alicyclic amines) is 1. The molecule has 1 aliphatic rings. The van der Waals surface area contributed by atoms with Crippen molar-refractivity contribution in [3.63, 3.8) is 0 Å². The van der Waals surface area contributed by atoms with E-state index in [1.807, 2.05) is 12.1 Å². The zero-order chi connectivity index (χ0) is 14.5. The lowest BCUT2D eigenvalue weighted by molar-refractivity contribution is 0.0467. The van der Waals surface area contributed by atoms with E-state index in [1.54, 1.807) is 13.2 Å². The minimum atomic E-state index is 0.182. The average molecular weight is 274 g/mol. The van der Waals surface area contributed by atoms with Crippen LogP contribution in [0.25, 0.3) is 0 Å². The number of piperidine rings is 1. The average Bonchev–Trinajstić information content (AvgIpc) is 2.47. The molecule has 108 valence electrons. The van der Waals surface area contributed by atoms with Gasteiger partial charge >= 0.3 is 0 Å². The Hall–Kier alpha value is -1.57. The minimum absolute atomic E-state index is 0.182. The predicted octanol–water partition coefficient (Wildman–Crippen LogP) is 2.16. The number of methoxy groups -OCH3 is 1. The summed E-state index contributed by atoms with van der Waals surface area (Å²) < 4.78 is 5.38. The topological polar surface area (TPSA) is 56.5 Å². The van der Waals surface area contributed by atoms with Crippen LogP contribution in [0, 0.1) is 17.2 Å². The Morgan fingerprint density at radius 3 is 2.95 bits per heavy atom. The van der Waals surface area contributed by atoms with Gasteiger partial charge < -0.3 is 9.84 Å². The van der Waals surface area contributed by atoms with Crippen LogP contribution in [0.15, 0.2) is 18.2 Å². The highest BCUT2D eigenvalue weighted by molar-refractivity contribution is 5.42. The molecule has 2 rings (SSSR count). The van der Waals surface area contributed by atoms with Crippen molar-refractivity contribution in [2.75, 3.05) is 20.3 Å². The van der Waals surface area contributed by atoms with Gasteiger partial charge in [0.2, 0.25) is 0 Å². The molecule has 0 spiro atoms. The molecular weight excluding hydrogens is 252 g/mol. The SMILES string of the molecule is COc1ccc(C#N)cc1CN1CCCC(C)C1CO. The Bertz CT molecular complexity index is 496. The molecule has 1 fully saturated rings. The normalized spacial score (nSPS) is 23.3. The van der Waals surface area contributed by atoms with E-state index in [0.29, 0.717) is 18.0 Å². The molecule has 1 aromatic rings. The minimum Gasteiger partial charge on any atom is -0.496 e. The Morgan fingerprint density at radius 1 is 1.50 bits per heavy atom. The first-order valence-electron chi connectivity index (χ1n) is 7.11. The lowest BCUT2D eigenvalue weighted by Gasteiger charge is -2.39. The Balaban J connectivity index is 2.21. The van der Waals surface area contributed by atoms with E-state index < -0.39 is 0 Å². The van der Waals surface area contributed by atoms with Crippen molar-refractivity contribution in [1.29, 1.82) is 5.26 Å². The second kappa shape index (κ2) is 6.74. The summed E-state index contributed by atoms with van der Waals surface area (Å²) in [5, 5.41) is 18.6. The van der Waals surface area contributed by atoms with Crippen molar-refractivity contribution in [2.45, 2.75) is 32.4 Å². The van der Waals surface area contributed by atoms with E-state index in [9.17, 15) is 5.11 Å². The van der Waals surface area contributed by atoms with Crippen LogP contribution in [0.3, 0.4) is 0 Å². The van der Waals surface area contributed by atoms with E-state index in [0.717, 1.165) is 30.7 Å². The number of ether oxygens (including phenoxy) is 1. The number of hydrogen-bond acceptors (Lipinski definition) is 4. The van der Waals surface area contributed by atoms with Gasteiger partial charge in [-0.3, -0.25) is 4.90 Å². The first-order valence-corrected chi connectivity index (χ1v) is 7.11. The van der Waals surface area contributed by atoms with Crippen LogP contribution in [-0.4, -0.2) is 36.3 Å². The van der Waals surface area contributed by atoms with Crippen LogP contribution in [0.4, 0.5) is 0 Å². The highest BCUT2D eigenvalue weighted by Crippen LogP contribution is 2.28. The van der Waals surface area contributed by atoms with Gasteiger partial charge in [0.25, 0.3) is 0 Å². The van der Waals surface area contributed by atoms with E-state index >= 15 is 0 Å². The number of rotatable bonds is 4. The smallest absolute Gasteiger partial charge is 0.123 e. The van der Waals surface area contributed by atoms with Crippen molar-refractivity contribution in [3.05, 3.63) is 29.3 Å². The molecule has 1 aliphatic heterocycles. The summed E-state index contributed by atoms with van der Waals surface area (Å²) in [4.78, 5) is 2.30. The fraction of sp³-hybridized carbons (Fsp3) is 0.562. The third kappa shape index (κ3) is 3.12. The summed E-state index contributed by atoms with van der Waals surface area (Å²) in [5.41, 5.74) is 1.66. The van der Waals surface area contributed by atoms with Gasteiger partial charge in [0.15, 0.2) is 0 Å². The van der Waals surface area contributed by atoms with Gasteiger partial charge in [0.1, 0.15) is 5.75 Å². The van der Waals surface area contributed by atoms with Crippen molar-refractivity contribution < 1.29 is 9.84 Å². The van der Waals surface area contributed by atoms with Crippen LogP contribution >= 0.6 is 0 Å². The van der Waals surface area contributed by atoms with E-state index in [1.165, 1.54) is 0 Å². The molecule has 0 radical (unpaired) electrons. The first-order chi connectivity index (χ1) is 9.69. The zero-order valence-corrected chi connectivity index (χ0v) is 12.2. The highest BCUT2D eigenvalue weighted by Gasteiger charge is 2.28.